The Kier molecular flexibility index (Phi) is 8.58. The first-order valence-electron chi connectivity index (χ1n) is 6.03. The zero-order chi connectivity index (χ0) is 11.8. The molecular formula is C12H28N2S. The van der Waals surface area contributed by atoms with Crippen LogP contribution in [0.25, 0.3) is 0 Å². The zero-order valence-corrected chi connectivity index (χ0v) is 11.8. The average Bonchev–Trinajstić information content (AvgIpc) is 2.26. The Morgan fingerprint density at radius 1 is 1.27 bits per heavy atom. The largest absolute Gasteiger partial charge is 0.329 e. The Hall–Kier alpha value is 0.270. The van der Waals surface area contributed by atoms with Gasteiger partial charge in [-0.3, -0.25) is 4.90 Å². The highest BCUT2D eigenvalue weighted by Gasteiger charge is 2.23. The lowest BCUT2D eigenvalue weighted by Gasteiger charge is -2.37. The predicted octanol–water partition coefficient (Wildman–Crippen LogP) is 2.43. The van der Waals surface area contributed by atoms with Crippen LogP contribution in [-0.4, -0.2) is 42.6 Å². The highest BCUT2D eigenvalue weighted by Crippen LogP contribution is 2.18. The van der Waals surface area contributed by atoms with Crippen molar-refractivity contribution in [1.82, 2.24) is 4.90 Å². The summed E-state index contributed by atoms with van der Waals surface area (Å²) in [5, 5.41) is 0. The van der Waals surface area contributed by atoms with Crippen LogP contribution in [0, 0.1) is 5.92 Å². The van der Waals surface area contributed by atoms with Gasteiger partial charge in [0.1, 0.15) is 0 Å². The Bertz CT molecular complexity index is 153. The highest BCUT2D eigenvalue weighted by molar-refractivity contribution is 7.98. The van der Waals surface area contributed by atoms with E-state index in [0.717, 1.165) is 6.54 Å². The Morgan fingerprint density at radius 3 is 2.20 bits per heavy atom. The van der Waals surface area contributed by atoms with Gasteiger partial charge >= 0.3 is 0 Å². The second-order valence-corrected chi connectivity index (χ2v) is 5.28. The minimum atomic E-state index is 0.534. The standard InChI is InChI=1S/C12H28N2S/c1-6-10(3)12(8-13)14(4)11(7-2)9-15-5/h10-12H,6-9,13H2,1-5H3. The first-order chi connectivity index (χ1) is 7.12. The van der Waals surface area contributed by atoms with E-state index in [0.29, 0.717) is 18.0 Å². The van der Waals surface area contributed by atoms with E-state index in [1.165, 1.54) is 18.6 Å². The average molecular weight is 232 g/mol. The van der Waals surface area contributed by atoms with Crippen molar-refractivity contribution in [2.24, 2.45) is 11.7 Å². The molecule has 0 rings (SSSR count). The van der Waals surface area contributed by atoms with E-state index in [-0.39, 0.29) is 0 Å². The van der Waals surface area contributed by atoms with Gasteiger partial charge in [0.05, 0.1) is 0 Å². The molecule has 0 saturated heterocycles. The number of thioether (sulfide) groups is 1. The van der Waals surface area contributed by atoms with Crippen LogP contribution in [0.4, 0.5) is 0 Å². The molecule has 0 aliphatic heterocycles. The first-order valence-corrected chi connectivity index (χ1v) is 7.42. The summed E-state index contributed by atoms with van der Waals surface area (Å²) in [6.45, 7) is 7.59. The minimum Gasteiger partial charge on any atom is -0.329 e. The van der Waals surface area contributed by atoms with Crippen LogP contribution in [0.1, 0.15) is 33.6 Å². The quantitative estimate of drug-likeness (QED) is 0.697. The summed E-state index contributed by atoms with van der Waals surface area (Å²) < 4.78 is 0. The Morgan fingerprint density at radius 2 is 1.87 bits per heavy atom. The fourth-order valence-corrected chi connectivity index (χ4v) is 2.91. The van der Waals surface area contributed by atoms with Crippen LogP contribution >= 0.6 is 11.8 Å². The smallest absolute Gasteiger partial charge is 0.0244 e. The van der Waals surface area contributed by atoms with E-state index in [9.17, 15) is 0 Å². The number of hydrogen-bond acceptors (Lipinski definition) is 3. The maximum atomic E-state index is 5.89. The topological polar surface area (TPSA) is 29.3 Å². The maximum Gasteiger partial charge on any atom is 0.0244 e. The molecule has 3 unspecified atom stereocenters. The molecular weight excluding hydrogens is 204 g/mol. The van der Waals surface area contributed by atoms with Crippen LogP contribution < -0.4 is 5.73 Å². The van der Waals surface area contributed by atoms with E-state index < -0.39 is 0 Å². The van der Waals surface area contributed by atoms with Crippen molar-refractivity contribution < 1.29 is 0 Å². The molecule has 0 aromatic carbocycles. The van der Waals surface area contributed by atoms with Gasteiger partial charge in [-0.25, -0.2) is 0 Å². The zero-order valence-electron chi connectivity index (χ0n) is 11.0. The van der Waals surface area contributed by atoms with Crippen LogP contribution in [-0.2, 0) is 0 Å². The van der Waals surface area contributed by atoms with E-state index in [1.54, 1.807) is 0 Å². The van der Waals surface area contributed by atoms with Crippen LogP contribution in [0.2, 0.25) is 0 Å². The second kappa shape index (κ2) is 8.43. The summed E-state index contributed by atoms with van der Waals surface area (Å²) in [6.07, 6.45) is 4.60. The molecule has 0 radical (unpaired) electrons. The van der Waals surface area contributed by atoms with E-state index in [4.69, 9.17) is 5.73 Å². The molecule has 15 heavy (non-hydrogen) atoms. The van der Waals surface area contributed by atoms with Crippen molar-refractivity contribution in [1.29, 1.82) is 0 Å². The van der Waals surface area contributed by atoms with E-state index >= 15 is 0 Å². The summed E-state index contributed by atoms with van der Waals surface area (Å²) in [5.74, 6) is 1.90. The summed E-state index contributed by atoms with van der Waals surface area (Å²) in [7, 11) is 2.23. The molecule has 0 spiro atoms. The molecule has 3 heteroatoms. The third kappa shape index (κ3) is 4.75. The molecule has 0 aromatic rings. The molecule has 3 atom stereocenters. The Balaban J connectivity index is 4.38. The summed E-state index contributed by atoms with van der Waals surface area (Å²) in [5.41, 5.74) is 5.89. The number of nitrogens with two attached hydrogens (primary N) is 1. The van der Waals surface area contributed by atoms with Gasteiger partial charge in [-0.2, -0.15) is 11.8 Å². The Labute approximate surface area is 100.0 Å². The molecule has 0 bridgehead atoms. The van der Waals surface area contributed by atoms with Gasteiger partial charge < -0.3 is 5.73 Å². The van der Waals surface area contributed by atoms with Crippen LogP contribution in [0.5, 0.6) is 0 Å². The highest BCUT2D eigenvalue weighted by atomic mass is 32.2. The van der Waals surface area contributed by atoms with Crippen molar-refractivity contribution in [3.63, 3.8) is 0 Å². The molecule has 0 aliphatic carbocycles. The number of likely N-dealkylation sites (N-methyl/N-ethyl adjacent to an activating group) is 1. The third-order valence-corrected chi connectivity index (χ3v) is 4.19. The van der Waals surface area contributed by atoms with Crippen LogP contribution in [0.3, 0.4) is 0 Å². The van der Waals surface area contributed by atoms with Gasteiger partial charge in [0.25, 0.3) is 0 Å². The first kappa shape index (κ1) is 15.3. The van der Waals surface area contributed by atoms with Gasteiger partial charge in [0.2, 0.25) is 0 Å². The molecule has 0 saturated carbocycles. The molecule has 0 heterocycles. The molecule has 92 valence electrons. The van der Waals surface area contributed by atoms with Gasteiger partial charge in [0, 0.05) is 24.4 Å². The molecule has 0 aromatic heterocycles. The summed E-state index contributed by atoms with van der Waals surface area (Å²) in [6, 6.07) is 1.20. The lowest BCUT2D eigenvalue weighted by molar-refractivity contribution is 0.140. The number of nitrogens with zero attached hydrogens (tertiary/aromatic N) is 1. The molecule has 2 N–H and O–H groups in total. The third-order valence-electron chi connectivity index (χ3n) is 3.47. The van der Waals surface area contributed by atoms with E-state index in [1.807, 2.05) is 11.8 Å². The van der Waals surface area contributed by atoms with Gasteiger partial charge in [0.15, 0.2) is 0 Å². The predicted molar refractivity (Wildman–Crippen MR) is 72.5 cm³/mol. The van der Waals surface area contributed by atoms with Gasteiger partial charge in [-0.1, -0.05) is 27.2 Å². The van der Waals surface area contributed by atoms with Crippen molar-refractivity contribution in [2.45, 2.75) is 45.7 Å². The van der Waals surface area contributed by atoms with Gasteiger partial charge in [-0.15, -0.1) is 0 Å². The monoisotopic (exact) mass is 232 g/mol. The molecule has 2 nitrogen and oxygen atoms in total. The summed E-state index contributed by atoms with van der Waals surface area (Å²) in [4.78, 5) is 2.49. The fraction of sp³-hybridized carbons (Fsp3) is 1.00. The van der Waals surface area contributed by atoms with Crippen LogP contribution in [0.15, 0.2) is 0 Å². The number of rotatable bonds is 8. The molecule has 0 aliphatic rings. The van der Waals surface area contributed by atoms with Crippen molar-refractivity contribution in [3.8, 4) is 0 Å². The second-order valence-electron chi connectivity index (χ2n) is 4.37. The van der Waals surface area contributed by atoms with Crippen molar-refractivity contribution in [2.75, 3.05) is 25.6 Å². The maximum absolute atomic E-state index is 5.89. The molecule has 0 fully saturated rings. The lowest BCUT2D eigenvalue weighted by atomic mass is 9.96. The number of hydrogen-bond donors (Lipinski definition) is 1. The normalized spacial score (nSPS) is 17.8. The minimum absolute atomic E-state index is 0.534. The summed E-state index contributed by atoms with van der Waals surface area (Å²) >= 11 is 1.93. The van der Waals surface area contributed by atoms with Crippen molar-refractivity contribution in [3.05, 3.63) is 0 Å². The molecule has 0 amide bonds. The van der Waals surface area contributed by atoms with Gasteiger partial charge in [-0.05, 0) is 25.6 Å². The fourth-order valence-electron chi connectivity index (χ4n) is 2.06. The van der Waals surface area contributed by atoms with E-state index in [2.05, 4.69) is 39.0 Å². The lowest BCUT2D eigenvalue weighted by Crippen LogP contribution is -2.48. The SMILES string of the molecule is CCC(C)C(CN)N(C)C(CC)CSC. The van der Waals surface area contributed by atoms with Crippen molar-refractivity contribution >= 4 is 11.8 Å².